The van der Waals surface area contributed by atoms with E-state index in [1.807, 2.05) is 30.3 Å². The SMILES string of the molecule is CCc1cc2c(cc1OC)C(C)(C)c1[nH]c3cc(N)ccc3c1C2=O. The van der Waals surface area contributed by atoms with Gasteiger partial charge in [-0.25, -0.2) is 0 Å². The van der Waals surface area contributed by atoms with Gasteiger partial charge < -0.3 is 15.5 Å². The Morgan fingerprint density at radius 3 is 2.64 bits per heavy atom. The molecule has 3 N–H and O–H groups in total. The van der Waals surface area contributed by atoms with E-state index in [9.17, 15) is 4.79 Å². The fourth-order valence-corrected chi connectivity index (χ4v) is 3.98. The van der Waals surface area contributed by atoms with Crippen molar-refractivity contribution in [3.63, 3.8) is 0 Å². The third kappa shape index (κ3) is 2.03. The molecule has 0 spiro atoms. The molecule has 0 saturated carbocycles. The van der Waals surface area contributed by atoms with E-state index in [0.29, 0.717) is 5.69 Å². The van der Waals surface area contributed by atoms with Gasteiger partial charge in [0.15, 0.2) is 5.78 Å². The van der Waals surface area contributed by atoms with Gasteiger partial charge in [0.05, 0.1) is 12.7 Å². The minimum Gasteiger partial charge on any atom is -0.496 e. The standard InChI is InChI=1S/C21H22N2O2/c1-5-11-8-14-15(10-17(11)25-4)21(2,3)20-18(19(14)24)13-7-6-12(22)9-16(13)23-20/h6-10,23H,5,22H2,1-4H3. The van der Waals surface area contributed by atoms with Crippen molar-refractivity contribution in [3.05, 3.63) is 58.3 Å². The van der Waals surface area contributed by atoms with Gasteiger partial charge >= 0.3 is 0 Å². The van der Waals surface area contributed by atoms with E-state index in [4.69, 9.17) is 10.5 Å². The quantitative estimate of drug-likeness (QED) is 0.690. The van der Waals surface area contributed by atoms with E-state index in [1.54, 1.807) is 7.11 Å². The lowest BCUT2D eigenvalue weighted by Crippen LogP contribution is -2.30. The van der Waals surface area contributed by atoms with Crippen molar-refractivity contribution in [2.24, 2.45) is 0 Å². The van der Waals surface area contributed by atoms with Crippen molar-refractivity contribution in [1.29, 1.82) is 0 Å². The fraction of sp³-hybridized carbons (Fsp3) is 0.286. The van der Waals surface area contributed by atoms with Crippen molar-refractivity contribution < 1.29 is 9.53 Å². The Morgan fingerprint density at radius 2 is 1.96 bits per heavy atom. The molecule has 4 heteroatoms. The maximum absolute atomic E-state index is 13.3. The minimum atomic E-state index is -0.327. The molecule has 25 heavy (non-hydrogen) atoms. The monoisotopic (exact) mass is 334 g/mol. The molecule has 4 nitrogen and oxygen atoms in total. The number of nitrogens with one attached hydrogen (secondary N) is 1. The molecule has 1 aromatic heterocycles. The van der Waals surface area contributed by atoms with Gasteiger partial charge in [-0.1, -0.05) is 26.8 Å². The summed E-state index contributed by atoms with van der Waals surface area (Å²) in [7, 11) is 1.68. The number of anilines is 1. The maximum Gasteiger partial charge on any atom is 0.195 e. The molecule has 1 aliphatic rings. The van der Waals surface area contributed by atoms with Crippen LogP contribution in [0.4, 0.5) is 5.69 Å². The number of aromatic nitrogens is 1. The van der Waals surface area contributed by atoms with E-state index in [2.05, 4.69) is 25.8 Å². The first-order valence-corrected chi connectivity index (χ1v) is 8.56. The Bertz CT molecular complexity index is 1030. The number of benzene rings is 2. The second-order valence-corrected chi connectivity index (χ2v) is 7.20. The normalized spacial score (nSPS) is 15.1. The molecule has 0 saturated heterocycles. The number of H-pyrrole nitrogens is 1. The second kappa shape index (κ2) is 5.12. The molecule has 0 bridgehead atoms. The highest BCUT2D eigenvalue weighted by Crippen LogP contribution is 2.45. The highest BCUT2D eigenvalue weighted by molar-refractivity contribution is 6.20. The number of ether oxygens (including phenoxy) is 1. The van der Waals surface area contributed by atoms with Crippen molar-refractivity contribution in [1.82, 2.24) is 4.98 Å². The predicted molar refractivity (Wildman–Crippen MR) is 101 cm³/mol. The summed E-state index contributed by atoms with van der Waals surface area (Å²) in [5, 5.41) is 0.932. The third-order valence-corrected chi connectivity index (χ3v) is 5.39. The van der Waals surface area contributed by atoms with Crippen LogP contribution < -0.4 is 10.5 Å². The molecule has 1 heterocycles. The molecule has 0 fully saturated rings. The molecule has 0 radical (unpaired) electrons. The summed E-state index contributed by atoms with van der Waals surface area (Å²) >= 11 is 0. The van der Waals surface area contributed by atoms with Crippen molar-refractivity contribution >= 4 is 22.4 Å². The highest BCUT2D eigenvalue weighted by Gasteiger charge is 2.40. The molecule has 4 rings (SSSR count). The minimum absolute atomic E-state index is 0.0673. The molecule has 0 aliphatic heterocycles. The molecule has 0 atom stereocenters. The smallest absolute Gasteiger partial charge is 0.195 e. The number of nitrogen functional groups attached to an aromatic ring is 1. The Balaban J connectivity index is 2.07. The molecular formula is C21H22N2O2. The number of aromatic amines is 1. The highest BCUT2D eigenvalue weighted by atomic mass is 16.5. The van der Waals surface area contributed by atoms with Gasteiger partial charge in [-0.15, -0.1) is 0 Å². The van der Waals surface area contributed by atoms with E-state index >= 15 is 0 Å². The summed E-state index contributed by atoms with van der Waals surface area (Å²) in [5.41, 5.74) is 11.7. The van der Waals surface area contributed by atoms with Gasteiger partial charge in [-0.05, 0) is 41.8 Å². The number of hydrogen-bond donors (Lipinski definition) is 2. The lowest BCUT2D eigenvalue weighted by molar-refractivity contribution is 0.103. The van der Waals surface area contributed by atoms with Gasteiger partial charge in [0.2, 0.25) is 0 Å². The summed E-state index contributed by atoms with van der Waals surface area (Å²) < 4.78 is 5.56. The number of fused-ring (bicyclic) bond motifs is 4. The summed E-state index contributed by atoms with van der Waals surface area (Å²) in [4.78, 5) is 16.8. The Morgan fingerprint density at radius 1 is 1.20 bits per heavy atom. The second-order valence-electron chi connectivity index (χ2n) is 7.20. The molecule has 3 aromatic rings. The summed E-state index contributed by atoms with van der Waals surface area (Å²) in [6.07, 6.45) is 0.821. The number of aryl methyl sites for hydroxylation is 1. The number of carbonyl (C=O) groups is 1. The Hall–Kier alpha value is -2.75. The van der Waals surface area contributed by atoms with Crippen LogP contribution in [0.5, 0.6) is 5.75 Å². The van der Waals surface area contributed by atoms with Gasteiger partial charge in [-0.3, -0.25) is 4.79 Å². The zero-order valence-electron chi connectivity index (χ0n) is 15.0. The summed E-state index contributed by atoms with van der Waals surface area (Å²) in [6, 6.07) is 9.69. The maximum atomic E-state index is 13.3. The topological polar surface area (TPSA) is 68.1 Å². The lowest BCUT2D eigenvalue weighted by atomic mass is 9.70. The van der Waals surface area contributed by atoms with Crippen LogP contribution in [0.15, 0.2) is 30.3 Å². The van der Waals surface area contributed by atoms with E-state index in [-0.39, 0.29) is 11.2 Å². The summed E-state index contributed by atoms with van der Waals surface area (Å²) in [5.74, 6) is 0.906. The number of carbonyl (C=O) groups excluding carboxylic acids is 1. The first-order chi connectivity index (χ1) is 11.9. The van der Waals surface area contributed by atoms with Crippen molar-refractivity contribution in [2.75, 3.05) is 12.8 Å². The van der Waals surface area contributed by atoms with Crippen LogP contribution in [0, 0.1) is 0 Å². The number of ketones is 1. The molecule has 0 unspecified atom stereocenters. The van der Waals surface area contributed by atoms with Crippen LogP contribution in [-0.2, 0) is 11.8 Å². The number of rotatable bonds is 2. The van der Waals surface area contributed by atoms with Gasteiger partial charge in [0.1, 0.15) is 5.75 Å². The van der Waals surface area contributed by atoms with E-state index in [1.165, 1.54) is 0 Å². The molecular weight excluding hydrogens is 312 g/mol. The largest absolute Gasteiger partial charge is 0.496 e. The number of hydrogen-bond acceptors (Lipinski definition) is 3. The van der Waals surface area contributed by atoms with Crippen LogP contribution >= 0.6 is 0 Å². The molecule has 2 aromatic carbocycles. The van der Waals surface area contributed by atoms with Gasteiger partial charge in [-0.2, -0.15) is 0 Å². The average molecular weight is 334 g/mol. The van der Waals surface area contributed by atoms with Crippen LogP contribution in [-0.4, -0.2) is 17.9 Å². The number of methoxy groups -OCH3 is 1. The van der Waals surface area contributed by atoms with E-state index < -0.39 is 0 Å². The number of nitrogens with two attached hydrogens (primary N) is 1. The van der Waals surface area contributed by atoms with Crippen LogP contribution in [0.25, 0.3) is 10.9 Å². The van der Waals surface area contributed by atoms with Gasteiger partial charge in [0.25, 0.3) is 0 Å². The molecule has 128 valence electrons. The van der Waals surface area contributed by atoms with Crippen LogP contribution in [0.3, 0.4) is 0 Å². The molecule has 0 amide bonds. The Labute approximate surface area is 147 Å². The van der Waals surface area contributed by atoms with Crippen molar-refractivity contribution in [2.45, 2.75) is 32.6 Å². The summed E-state index contributed by atoms with van der Waals surface area (Å²) in [6.45, 7) is 6.35. The fourth-order valence-electron chi connectivity index (χ4n) is 3.98. The zero-order valence-corrected chi connectivity index (χ0v) is 15.0. The van der Waals surface area contributed by atoms with Gasteiger partial charge in [0, 0.05) is 33.3 Å². The first kappa shape index (κ1) is 15.8. The van der Waals surface area contributed by atoms with Crippen LogP contribution in [0.2, 0.25) is 0 Å². The average Bonchev–Trinajstić information content (AvgIpc) is 2.98. The molecule has 1 aliphatic carbocycles. The third-order valence-electron chi connectivity index (χ3n) is 5.39. The first-order valence-electron chi connectivity index (χ1n) is 8.56. The zero-order chi connectivity index (χ0) is 17.9. The van der Waals surface area contributed by atoms with E-state index in [0.717, 1.165) is 51.0 Å². The predicted octanol–water partition coefficient (Wildman–Crippen LogP) is 4.19. The lowest BCUT2D eigenvalue weighted by Gasteiger charge is -2.33. The Kier molecular flexibility index (Phi) is 3.23. The van der Waals surface area contributed by atoms with Crippen LogP contribution in [0.1, 0.15) is 53.5 Å². The van der Waals surface area contributed by atoms with Crippen molar-refractivity contribution in [3.8, 4) is 5.75 Å².